The molecule has 7 nitrogen and oxygen atoms in total. The standard InChI is InChI=1S/C24H23N3O4S/c1-16-9-11-20(32-16)15-25-27-24(29)21(26-23(28)17-7-5-4-6-8-17)14-18-13-19(30-2)10-12-22(18)31-3/h4-15H,1-3H3,(H,26,28)(H,27,29). The van der Waals surface area contributed by atoms with Gasteiger partial charge in [-0.1, -0.05) is 18.2 Å². The summed E-state index contributed by atoms with van der Waals surface area (Å²) in [7, 11) is 3.07. The van der Waals surface area contributed by atoms with Crippen molar-refractivity contribution in [3.63, 3.8) is 0 Å². The Labute approximate surface area is 190 Å². The lowest BCUT2D eigenvalue weighted by atomic mass is 10.1. The minimum atomic E-state index is -0.580. The van der Waals surface area contributed by atoms with Gasteiger partial charge in [-0.3, -0.25) is 9.59 Å². The van der Waals surface area contributed by atoms with Gasteiger partial charge < -0.3 is 14.8 Å². The Morgan fingerprint density at radius 3 is 2.44 bits per heavy atom. The number of aryl methyl sites for hydroxylation is 1. The van der Waals surface area contributed by atoms with Crippen molar-refractivity contribution in [2.75, 3.05) is 14.2 Å². The molecule has 2 aromatic carbocycles. The van der Waals surface area contributed by atoms with Crippen molar-refractivity contribution in [3.05, 3.63) is 87.2 Å². The highest BCUT2D eigenvalue weighted by molar-refractivity contribution is 7.13. The molecule has 164 valence electrons. The molecule has 0 unspecified atom stereocenters. The Bertz CT molecular complexity index is 1150. The zero-order valence-corrected chi connectivity index (χ0v) is 18.7. The minimum absolute atomic E-state index is 0.00455. The maximum atomic E-state index is 12.9. The molecule has 0 aliphatic carbocycles. The van der Waals surface area contributed by atoms with Crippen LogP contribution in [0.3, 0.4) is 0 Å². The third-order valence-corrected chi connectivity index (χ3v) is 5.32. The lowest BCUT2D eigenvalue weighted by Crippen LogP contribution is -2.32. The fourth-order valence-corrected chi connectivity index (χ4v) is 3.54. The second-order valence-electron chi connectivity index (χ2n) is 6.63. The number of carbonyl (C=O) groups is 2. The van der Waals surface area contributed by atoms with E-state index in [2.05, 4.69) is 15.8 Å². The van der Waals surface area contributed by atoms with Crippen LogP contribution >= 0.6 is 11.3 Å². The summed E-state index contributed by atoms with van der Waals surface area (Å²) in [5.41, 5.74) is 3.45. The summed E-state index contributed by atoms with van der Waals surface area (Å²) in [4.78, 5) is 27.6. The van der Waals surface area contributed by atoms with Crippen LogP contribution in [0.25, 0.3) is 6.08 Å². The molecule has 3 aromatic rings. The van der Waals surface area contributed by atoms with E-state index in [1.807, 2.05) is 25.1 Å². The van der Waals surface area contributed by atoms with E-state index in [4.69, 9.17) is 9.47 Å². The summed E-state index contributed by atoms with van der Waals surface area (Å²) in [6, 6.07) is 17.7. The summed E-state index contributed by atoms with van der Waals surface area (Å²) in [6.45, 7) is 1.99. The van der Waals surface area contributed by atoms with Crippen LogP contribution in [0, 0.1) is 6.92 Å². The van der Waals surface area contributed by atoms with Crippen molar-refractivity contribution in [2.24, 2.45) is 5.10 Å². The first-order valence-corrected chi connectivity index (χ1v) is 10.5. The summed E-state index contributed by atoms with van der Waals surface area (Å²) >= 11 is 1.55. The molecule has 2 amide bonds. The van der Waals surface area contributed by atoms with Crippen LogP contribution < -0.4 is 20.2 Å². The van der Waals surface area contributed by atoms with Crippen LogP contribution in [0.2, 0.25) is 0 Å². The van der Waals surface area contributed by atoms with Gasteiger partial charge >= 0.3 is 0 Å². The van der Waals surface area contributed by atoms with Crippen molar-refractivity contribution < 1.29 is 19.1 Å². The summed E-state index contributed by atoms with van der Waals surface area (Å²) in [6.07, 6.45) is 3.07. The van der Waals surface area contributed by atoms with E-state index in [1.54, 1.807) is 67.1 Å². The molecule has 0 radical (unpaired) electrons. The Hall–Kier alpha value is -3.91. The molecule has 32 heavy (non-hydrogen) atoms. The molecule has 2 N–H and O–H groups in total. The summed E-state index contributed by atoms with van der Waals surface area (Å²) in [5, 5.41) is 6.68. The van der Waals surface area contributed by atoms with Gasteiger partial charge in [0.25, 0.3) is 11.8 Å². The smallest absolute Gasteiger partial charge is 0.287 e. The molecule has 0 fully saturated rings. The molecule has 3 rings (SSSR count). The van der Waals surface area contributed by atoms with E-state index >= 15 is 0 Å². The molecule has 0 aliphatic rings. The first-order valence-electron chi connectivity index (χ1n) is 9.70. The van der Waals surface area contributed by atoms with Gasteiger partial charge in [-0.05, 0) is 55.5 Å². The number of nitrogens with zero attached hydrogens (tertiary/aromatic N) is 1. The van der Waals surface area contributed by atoms with E-state index in [0.29, 0.717) is 22.6 Å². The first kappa shape index (κ1) is 22.8. The van der Waals surface area contributed by atoms with Crippen molar-refractivity contribution in [2.45, 2.75) is 6.92 Å². The number of ether oxygens (including phenoxy) is 2. The molecule has 0 bridgehead atoms. The predicted molar refractivity (Wildman–Crippen MR) is 126 cm³/mol. The normalized spacial score (nSPS) is 11.3. The van der Waals surface area contributed by atoms with Gasteiger partial charge in [0.1, 0.15) is 17.2 Å². The van der Waals surface area contributed by atoms with Crippen LogP contribution in [0.1, 0.15) is 25.7 Å². The SMILES string of the molecule is COc1ccc(OC)c(C=C(NC(=O)c2ccccc2)C(=O)NN=Cc2ccc(C)s2)c1. The van der Waals surface area contributed by atoms with Gasteiger partial charge in [-0.25, -0.2) is 5.43 Å². The van der Waals surface area contributed by atoms with E-state index in [9.17, 15) is 9.59 Å². The van der Waals surface area contributed by atoms with Gasteiger partial charge in [0.2, 0.25) is 0 Å². The van der Waals surface area contributed by atoms with Crippen molar-refractivity contribution in [1.29, 1.82) is 0 Å². The van der Waals surface area contributed by atoms with Crippen molar-refractivity contribution in [1.82, 2.24) is 10.7 Å². The number of benzene rings is 2. The molecule has 0 aliphatic heterocycles. The Morgan fingerprint density at radius 1 is 1.00 bits per heavy atom. The lowest BCUT2D eigenvalue weighted by Gasteiger charge is -2.11. The van der Waals surface area contributed by atoms with Crippen LogP contribution in [-0.2, 0) is 4.79 Å². The zero-order valence-electron chi connectivity index (χ0n) is 17.9. The average molecular weight is 450 g/mol. The van der Waals surface area contributed by atoms with Crippen LogP contribution in [-0.4, -0.2) is 32.2 Å². The quantitative estimate of drug-likeness (QED) is 0.309. The highest BCUT2D eigenvalue weighted by Gasteiger charge is 2.16. The molecule has 0 atom stereocenters. The van der Waals surface area contributed by atoms with Crippen LogP contribution in [0.5, 0.6) is 11.5 Å². The first-order chi connectivity index (χ1) is 15.5. The Morgan fingerprint density at radius 2 is 1.78 bits per heavy atom. The van der Waals surface area contributed by atoms with Gasteiger partial charge in [0.15, 0.2) is 0 Å². The van der Waals surface area contributed by atoms with Gasteiger partial charge in [0, 0.05) is 20.9 Å². The number of thiophene rings is 1. The molecule has 0 saturated heterocycles. The van der Waals surface area contributed by atoms with Crippen molar-refractivity contribution >= 4 is 35.4 Å². The Balaban J connectivity index is 1.90. The number of amides is 2. The minimum Gasteiger partial charge on any atom is -0.497 e. The summed E-state index contributed by atoms with van der Waals surface area (Å²) in [5.74, 6) is 0.0929. The highest BCUT2D eigenvalue weighted by Crippen LogP contribution is 2.26. The second-order valence-corrected chi connectivity index (χ2v) is 7.95. The average Bonchev–Trinajstić information content (AvgIpc) is 3.23. The molecule has 0 saturated carbocycles. The number of hydrogen-bond acceptors (Lipinski definition) is 6. The molecular formula is C24H23N3O4S. The molecule has 0 spiro atoms. The summed E-state index contributed by atoms with van der Waals surface area (Å²) < 4.78 is 10.7. The largest absolute Gasteiger partial charge is 0.497 e. The van der Waals surface area contributed by atoms with Crippen LogP contribution in [0.4, 0.5) is 0 Å². The molecule has 1 aromatic heterocycles. The number of rotatable bonds is 8. The number of nitrogens with one attached hydrogen (secondary N) is 2. The maximum absolute atomic E-state index is 12.9. The fourth-order valence-electron chi connectivity index (χ4n) is 2.79. The maximum Gasteiger partial charge on any atom is 0.287 e. The molecular weight excluding hydrogens is 426 g/mol. The van der Waals surface area contributed by atoms with Crippen LogP contribution in [0.15, 0.2) is 71.5 Å². The Kier molecular flexibility index (Phi) is 7.77. The monoisotopic (exact) mass is 449 g/mol. The van der Waals surface area contributed by atoms with Gasteiger partial charge in [-0.15, -0.1) is 11.3 Å². The topological polar surface area (TPSA) is 89.0 Å². The number of carbonyl (C=O) groups excluding carboxylic acids is 2. The number of methoxy groups -OCH3 is 2. The van der Waals surface area contributed by atoms with E-state index < -0.39 is 11.8 Å². The van der Waals surface area contributed by atoms with E-state index in [0.717, 1.165) is 9.75 Å². The third kappa shape index (κ3) is 6.05. The molecule has 1 heterocycles. The predicted octanol–water partition coefficient (Wildman–Crippen LogP) is 3.99. The van der Waals surface area contributed by atoms with E-state index in [1.165, 1.54) is 13.2 Å². The van der Waals surface area contributed by atoms with Gasteiger partial charge in [0.05, 0.1) is 20.4 Å². The zero-order chi connectivity index (χ0) is 22.9. The fraction of sp³-hybridized carbons (Fsp3) is 0.125. The van der Waals surface area contributed by atoms with E-state index in [-0.39, 0.29) is 5.70 Å². The third-order valence-electron chi connectivity index (χ3n) is 4.38. The number of hydrogen-bond donors (Lipinski definition) is 2. The number of hydrazone groups is 1. The highest BCUT2D eigenvalue weighted by atomic mass is 32.1. The van der Waals surface area contributed by atoms with Crippen molar-refractivity contribution in [3.8, 4) is 11.5 Å². The van der Waals surface area contributed by atoms with Gasteiger partial charge in [-0.2, -0.15) is 5.10 Å². The lowest BCUT2D eigenvalue weighted by molar-refractivity contribution is -0.117. The molecule has 8 heteroatoms. The second kappa shape index (κ2) is 10.9.